The van der Waals surface area contributed by atoms with Gasteiger partial charge in [-0.1, -0.05) is 26.2 Å². The Bertz CT molecular complexity index is 688. The van der Waals surface area contributed by atoms with Crippen molar-refractivity contribution in [2.24, 2.45) is 0 Å². The summed E-state index contributed by atoms with van der Waals surface area (Å²) in [5.74, 6) is 0.402. The Morgan fingerprint density at radius 1 is 1.33 bits per heavy atom. The van der Waals surface area contributed by atoms with E-state index in [1.807, 2.05) is 6.92 Å². The van der Waals surface area contributed by atoms with E-state index in [1.165, 1.54) is 19.1 Å². The lowest BCUT2D eigenvalue weighted by Gasteiger charge is -2.33. The molecule has 6 nitrogen and oxygen atoms in total. The highest BCUT2D eigenvalue weighted by atomic mass is 32.2. The Kier molecular flexibility index (Phi) is 6.23. The molecule has 0 bridgehead atoms. The number of nitrogens with zero attached hydrogens (tertiary/aromatic N) is 1. The van der Waals surface area contributed by atoms with Crippen molar-refractivity contribution in [2.45, 2.75) is 57.5 Å². The maximum atomic E-state index is 12.4. The third-order valence-electron chi connectivity index (χ3n) is 4.00. The smallest absolute Gasteiger partial charge is 0.240 e. The summed E-state index contributed by atoms with van der Waals surface area (Å²) in [6.07, 6.45) is 3.91. The average Bonchev–Trinajstić information content (AvgIpc) is 2.53. The highest BCUT2D eigenvalue weighted by Gasteiger charge is 2.27. The molecular weight excluding hydrogens is 328 g/mol. The fourth-order valence-electron chi connectivity index (χ4n) is 2.72. The summed E-state index contributed by atoms with van der Waals surface area (Å²) in [7, 11) is -3.59. The van der Waals surface area contributed by atoms with E-state index in [-0.39, 0.29) is 16.9 Å². The molecule has 0 spiro atoms. The van der Waals surface area contributed by atoms with Crippen molar-refractivity contribution in [3.63, 3.8) is 0 Å². The Morgan fingerprint density at radius 3 is 2.75 bits per heavy atom. The SMILES string of the molecule is CCCCCCNS(=O)(=O)c1ccc2c(c1)N(C(C)=O)CC(C)O2. The summed E-state index contributed by atoms with van der Waals surface area (Å²) < 4.78 is 33.2. The summed E-state index contributed by atoms with van der Waals surface area (Å²) in [5, 5.41) is 0. The summed E-state index contributed by atoms with van der Waals surface area (Å²) in [4.78, 5) is 13.6. The van der Waals surface area contributed by atoms with E-state index in [0.717, 1.165) is 25.7 Å². The van der Waals surface area contributed by atoms with E-state index >= 15 is 0 Å². The molecule has 0 aliphatic carbocycles. The molecule has 24 heavy (non-hydrogen) atoms. The molecule has 2 rings (SSSR count). The van der Waals surface area contributed by atoms with Crippen LogP contribution in [0, 0.1) is 0 Å². The lowest BCUT2D eigenvalue weighted by molar-refractivity contribution is -0.117. The number of ether oxygens (including phenoxy) is 1. The van der Waals surface area contributed by atoms with Crippen LogP contribution in [0.5, 0.6) is 5.75 Å². The van der Waals surface area contributed by atoms with E-state index < -0.39 is 10.0 Å². The van der Waals surface area contributed by atoms with Gasteiger partial charge in [0.1, 0.15) is 11.9 Å². The van der Waals surface area contributed by atoms with Crippen LogP contribution in [0.25, 0.3) is 0 Å². The summed E-state index contributed by atoms with van der Waals surface area (Å²) >= 11 is 0. The Morgan fingerprint density at radius 2 is 2.08 bits per heavy atom. The summed E-state index contributed by atoms with van der Waals surface area (Å²) in [6, 6.07) is 4.65. The third-order valence-corrected chi connectivity index (χ3v) is 5.46. The first kappa shape index (κ1) is 18.7. The van der Waals surface area contributed by atoms with Gasteiger partial charge in [-0.05, 0) is 31.5 Å². The molecular formula is C17H26N2O4S. The molecule has 1 aromatic carbocycles. The van der Waals surface area contributed by atoms with E-state index in [2.05, 4.69) is 11.6 Å². The number of benzene rings is 1. The van der Waals surface area contributed by atoms with Crippen molar-refractivity contribution < 1.29 is 17.9 Å². The first-order valence-corrected chi connectivity index (χ1v) is 9.92. The molecule has 134 valence electrons. The maximum absolute atomic E-state index is 12.4. The molecule has 0 saturated carbocycles. The van der Waals surface area contributed by atoms with Gasteiger partial charge in [0.05, 0.1) is 17.1 Å². The highest BCUT2D eigenvalue weighted by Crippen LogP contribution is 2.35. The van der Waals surface area contributed by atoms with Crippen LogP contribution in [-0.4, -0.2) is 33.5 Å². The van der Waals surface area contributed by atoms with Crippen molar-refractivity contribution in [3.05, 3.63) is 18.2 Å². The number of fused-ring (bicyclic) bond motifs is 1. The van der Waals surface area contributed by atoms with Crippen LogP contribution in [0.3, 0.4) is 0 Å². The van der Waals surface area contributed by atoms with Crippen LogP contribution in [0.4, 0.5) is 5.69 Å². The van der Waals surface area contributed by atoms with Crippen molar-refractivity contribution in [3.8, 4) is 5.75 Å². The van der Waals surface area contributed by atoms with Crippen LogP contribution >= 0.6 is 0 Å². The van der Waals surface area contributed by atoms with Gasteiger partial charge in [-0.3, -0.25) is 4.79 Å². The molecule has 1 aromatic rings. The summed E-state index contributed by atoms with van der Waals surface area (Å²) in [6.45, 7) is 6.29. The number of rotatable bonds is 7. The quantitative estimate of drug-likeness (QED) is 0.764. The number of unbranched alkanes of at least 4 members (excludes halogenated alkanes) is 3. The zero-order valence-electron chi connectivity index (χ0n) is 14.5. The minimum atomic E-state index is -3.59. The predicted molar refractivity (Wildman–Crippen MR) is 93.9 cm³/mol. The minimum absolute atomic E-state index is 0.124. The number of amides is 1. The topological polar surface area (TPSA) is 75.7 Å². The lowest BCUT2D eigenvalue weighted by Crippen LogP contribution is -2.41. The molecule has 1 N–H and O–H groups in total. The van der Waals surface area contributed by atoms with Crippen molar-refractivity contribution in [1.82, 2.24) is 4.72 Å². The van der Waals surface area contributed by atoms with Crippen molar-refractivity contribution >= 4 is 21.6 Å². The predicted octanol–water partition coefficient (Wildman–Crippen LogP) is 2.68. The average molecular weight is 354 g/mol. The highest BCUT2D eigenvalue weighted by molar-refractivity contribution is 7.89. The number of carbonyl (C=O) groups excluding carboxylic acids is 1. The Labute approximate surface area is 144 Å². The zero-order valence-corrected chi connectivity index (χ0v) is 15.4. The molecule has 1 atom stereocenters. The first-order valence-electron chi connectivity index (χ1n) is 8.43. The first-order chi connectivity index (χ1) is 11.3. The van der Waals surface area contributed by atoms with Crippen LogP contribution in [-0.2, 0) is 14.8 Å². The molecule has 0 radical (unpaired) electrons. The van der Waals surface area contributed by atoms with Gasteiger partial charge < -0.3 is 9.64 Å². The second-order valence-corrected chi connectivity index (χ2v) is 7.91. The Hall–Kier alpha value is -1.60. The summed E-state index contributed by atoms with van der Waals surface area (Å²) in [5.41, 5.74) is 0.509. The number of nitrogens with one attached hydrogen (secondary N) is 1. The van der Waals surface area contributed by atoms with E-state index in [4.69, 9.17) is 4.74 Å². The fourth-order valence-corrected chi connectivity index (χ4v) is 3.82. The molecule has 1 aliphatic heterocycles. The van der Waals surface area contributed by atoms with Crippen molar-refractivity contribution in [2.75, 3.05) is 18.0 Å². The van der Waals surface area contributed by atoms with E-state index in [1.54, 1.807) is 11.0 Å². The second-order valence-electron chi connectivity index (χ2n) is 6.15. The molecule has 1 heterocycles. The van der Waals surface area contributed by atoms with Crippen LogP contribution in [0.1, 0.15) is 46.5 Å². The van der Waals surface area contributed by atoms with Crippen LogP contribution < -0.4 is 14.4 Å². The van der Waals surface area contributed by atoms with Crippen molar-refractivity contribution in [1.29, 1.82) is 0 Å². The monoisotopic (exact) mass is 354 g/mol. The molecule has 7 heteroatoms. The van der Waals surface area contributed by atoms with Gasteiger partial charge in [0, 0.05) is 13.5 Å². The normalized spacial score (nSPS) is 17.3. The zero-order chi connectivity index (χ0) is 17.7. The molecule has 1 aliphatic rings. The van der Waals surface area contributed by atoms with Gasteiger partial charge in [-0.15, -0.1) is 0 Å². The van der Waals surface area contributed by atoms with Gasteiger partial charge in [-0.25, -0.2) is 13.1 Å². The van der Waals surface area contributed by atoms with Gasteiger partial charge >= 0.3 is 0 Å². The Balaban J connectivity index is 2.17. The van der Waals surface area contributed by atoms with Gasteiger partial charge in [-0.2, -0.15) is 0 Å². The van der Waals surface area contributed by atoms with E-state index in [9.17, 15) is 13.2 Å². The number of hydrogen-bond acceptors (Lipinski definition) is 4. The number of anilines is 1. The number of carbonyl (C=O) groups is 1. The van der Waals surface area contributed by atoms with Crippen LogP contribution in [0.15, 0.2) is 23.1 Å². The lowest BCUT2D eigenvalue weighted by atomic mass is 10.2. The molecule has 0 saturated heterocycles. The van der Waals surface area contributed by atoms with Gasteiger partial charge in [0.2, 0.25) is 15.9 Å². The molecule has 1 amide bonds. The number of sulfonamides is 1. The molecule has 1 unspecified atom stereocenters. The standard InChI is InChI=1S/C17H26N2O4S/c1-4-5-6-7-10-18-24(21,22)15-8-9-17-16(11-15)19(14(3)20)12-13(2)23-17/h8-9,11,13,18H,4-7,10,12H2,1-3H3. The molecule has 0 aromatic heterocycles. The fraction of sp³-hybridized carbons (Fsp3) is 0.588. The largest absolute Gasteiger partial charge is 0.487 e. The van der Waals surface area contributed by atoms with Gasteiger partial charge in [0.25, 0.3) is 0 Å². The van der Waals surface area contributed by atoms with Gasteiger partial charge in [0.15, 0.2) is 0 Å². The second kappa shape index (κ2) is 7.98. The van der Waals surface area contributed by atoms with Crippen LogP contribution in [0.2, 0.25) is 0 Å². The maximum Gasteiger partial charge on any atom is 0.240 e. The third kappa shape index (κ3) is 4.48. The number of hydrogen-bond donors (Lipinski definition) is 1. The minimum Gasteiger partial charge on any atom is -0.487 e. The van der Waals surface area contributed by atoms with E-state index in [0.29, 0.717) is 24.5 Å². The molecule has 0 fully saturated rings.